The fraction of sp³-hybridized carbons (Fsp3) is 0.524. The number of aryl methyl sites for hydroxylation is 2. The van der Waals surface area contributed by atoms with Crippen molar-refractivity contribution in [3.05, 3.63) is 53.5 Å². The maximum absolute atomic E-state index is 10.5. The number of rotatable bonds is 9. The molecule has 2 aromatic rings. The summed E-state index contributed by atoms with van der Waals surface area (Å²) in [5.74, 6) is 2.63. The molecule has 1 fully saturated rings. The van der Waals surface area contributed by atoms with Gasteiger partial charge in [-0.2, -0.15) is 0 Å². The van der Waals surface area contributed by atoms with Gasteiger partial charge in [0, 0.05) is 19.7 Å². The highest BCUT2D eigenvalue weighted by atomic mass is 16.5. The smallest absolute Gasteiger partial charge is 0.122 e. The van der Waals surface area contributed by atoms with Gasteiger partial charge >= 0.3 is 0 Å². The summed E-state index contributed by atoms with van der Waals surface area (Å²) >= 11 is 0. The van der Waals surface area contributed by atoms with Crippen molar-refractivity contribution in [1.29, 1.82) is 0 Å². The summed E-state index contributed by atoms with van der Waals surface area (Å²) in [6.07, 6.45) is 1.84. The summed E-state index contributed by atoms with van der Waals surface area (Å²) in [6.45, 7) is 7.02. The van der Waals surface area contributed by atoms with Crippen molar-refractivity contribution < 1.29 is 19.0 Å². The van der Waals surface area contributed by atoms with Crippen LogP contribution in [0, 0.1) is 13.8 Å². The van der Waals surface area contributed by atoms with E-state index in [-0.39, 0.29) is 12.7 Å². The van der Waals surface area contributed by atoms with Crippen LogP contribution in [0.5, 0.6) is 5.75 Å². The Labute approximate surface area is 155 Å². The molecule has 3 rings (SSSR count). The predicted molar refractivity (Wildman–Crippen MR) is 100 cm³/mol. The van der Waals surface area contributed by atoms with E-state index >= 15 is 0 Å². The molecule has 0 aliphatic carbocycles. The number of hydrogen-bond donors (Lipinski definition) is 1. The van der Waals surface area contributed by atoms with E-state index in [2.05, 4.69) is 4.90 Å². The Morgan fingerprint density at radius 3 is 2.77 bits per heavy atom. The van der Waals surface area contributed by atoms with Gasteiger partial charge in [0.2, 0.25) is 0 Å². The lowest BCUT2D eigenvalue weighted by Gasteiger charge is -2.26. The molecule has 26 heavy (non-hydrogen) atoms. The molecule has 1 aromatic carbocycles. The van der Waals surface area contributed by atoms with Crippen LogP contribution in [0.2, 0.25) is 0 Å². The Morgan fingerprint density at radius 2 is 2.08 bits per heavy atom. The van der Waals surface area contributed by atoms with Gasteiger partial charge in [0.15, 0.2) is 0 Å². The first-order valence-corrected chi connectivity index (χ1v) is 9.36. The Kier molecular flexibility index (Phi) is 6.72. The lowest BCUT2D eigenvalue weighted by Crippen LogP contribution is -2.39. The summed E-state index contributed by atoms with van der Waals surface area (Å²) in [5.41, 5.74) is 1.07. The molecule has 2 atom stereocenters. The second kappa shape index (κ2) is 9.21. The van der Waals surface area contributed by atoms with E-state index in [1.165, 1.54) is 0 Å². The van der Waals surface area contributed by atoms with Crippen LogP contribution in [0.15, 0.2) is 40.8 Å². The van der Waals surface area contributed by atoms with Gasteiger partial charge in [-0.05, 0) is 50.5 Å². The number of aliphatic hydroxyl groups is 1. The summed E-state index contributed by atoms with van der Waals surface area (Å²) in [6, 6.07) is 11.8. The average Bonchev–Trinajstić information content (AvgIpc) is 3.26. The van der Waals surface area contributed by atoms with Gasteiger partial charge in [-0.1, -0.05) is 18.2 Å². The van der Waals surface area contributed by atoms with Crippen LogP contribution >= 0.6 is 0 Å². The van der Waals surface area contributed by atoms with Crippen molar-refractivity contribution in [2.24, 2.45) is 0 Å². The molecule has 0 radical (unpaired) electrons. The largest absolute Gasteiger partial charge is 0.491 e. The first-order chi connectivity index (χ1) is 12.6. The Balaban J connectivity index is 1.55. The number of hydrogen-bond acceptors (Lipinski definition) is 5. The van der Waals surface area contributed by atoms with Crippen LogP contribution in [0.25, 0.3) is 0 Å². The van der Waals surface area contributed by atoms with E-state index in [1.807, 2.05) is 50.2 Å². The van der Waals surface area contributed by atoms with Crippen LogP contribution in [0.4, 0.5) is 0 Å². The molecule has 1 aliphatic heterocycles. The SMILES string of the molecule is Cc1ccc(CN(C[C@H](O)COc2ccccc2C)C[C@@H]2CCCO2)o1. The molecule has 5 heteroatoms. The van der Waals surface area contributed by atoms with Gasteiger partial charge in [-0.3, -0.25) is 4.90 Å². The normalized spacial score (nSPS) is 18.4. The van der Waals surface area contributed by atoms with Crippen molar-refractivity contribution >= 4 is 0 Å². The lowest BCUT2D eigenvalue weighted by molar-refractivity contribution is 0.0289. The van der Waals surface area contributed by atoms with E-state index in [4.69, 9.17) is 13.9 Å². The maximum atomic E-state index is 10.5. The zero-order valence-corrected chi connectivity index (χ0v) is 15.7. The summed E-state index contributed by atoms with van der Waals surface area (Å²) in [4.78, 5) is 2.19. The van der Waals surface area contributed by atoms with Gasteiger partial charge in [0.25, 0.3) is 0 Å². The van der Waals surface area contributed by atoms with Gasteiger partial charge in [0.1, 0.15) is 30.0 Å². The highest BCUT2D eigenvalue weighted by Gasteiger charge is 2.22. The zero-order chi connectivity index (χ0) is 18.4. The molecule has 0 bridgehead atoms. The standard InChI is InChI=1S/C21H29NO4/c1-16-6-3-4-8-21(16)25-15-18(23)12-22(13-19-7-5-11-24-19)14-20-10-9-17(2)26-20/h3-4,6,8-10,18-19,23H,5,7,11-15H2,1-2H3/t18-,19-/m0/s1. The molecule has 2 heterocycles. The number of aliphatic hydroxyl groups excluding tert-OH is 1. The van der Waals surface area contributed by atoms with Crippen LogP contribution in [0.1, 0.15) is 29.9 Å². The fourth-order valence-corrected chi connectivity index (χ4v) is 3.33. The molecular formula is C21H29NO4. The first-order valence-electron chi connectivity index (χ1n) is 9.36. The van der Waals surface area contributed by atoms with E-state index in [1.54, 1.807) is 0 Å². The topological polar surface area (TPSA) is 55.1 Å². The Bertz CT molecular complexity index is 678. The van der Waals surface area contributed by atoms with Gasteiger partial charge in [-0.15, -0.1) is 0 Å². The lowest BCUT2D eigenvalue weighted by atomic mass is 10.2. The first kappa shape index (κ1) is 19.0. The molecule has 1 saturated heterocycles. The summed E-state index contributed by atoms with van der Waals surface area (Å²) < 4.78 is 17.3. The number of para-hydroxylation sites is 1. The van der Waals surface area contributed by atoms with Gasteiger partial charge in [0.05, 0.1) is 12.6 Å². The van der Waals surface area contributed by atoms with Crippen molar-refractivity contribution in [1.82, 2.24) is 4.90 Å². The second-order valence-corrected chi connectivity index (χ2v) is 7.07. The minimum atomic E-state index is -0.577. The van der Waals surface area contributed by atoms with Crippen molar-refractivity contribution in [3.8, 4) is 5.75 Å². The molecule has 5 nitrogen and oxygen atoms in total. The summed E-state index contributed by atoms with van der Waals surface area (Å²) in [5, 5.41) is 10.5. The molecule has 142 valence electrons. The van der Waals surface area contributed by atoms with Crippen molar-refractivity contribution in [3.63, 3.8) is 0 Å². The van der Waals surface area contributed by atoms with Crippen LogP contribution < -0.4 is 4.74 Å². The zero-order valence-electron chi connectivity index (χ0n) is 15.7. The van der Waals surface area contributed by atoms with Crippen LogP contribution in [0.3, 0.4) is 0 Å². The molecule has 0 amide bonds. The molecule has 0 spiro atoms. The van der Waals surface area contributed by atoms with Crippen LogP contribution in [-0.4, -0.2) is 48.5 Å². The molecular weight excluding hydrogens is 330 g/mol. The maximum Gasteiger partial charge on any atom is 0.122 e. The quantitative estimate of drug-likeness (QED) is 0.744. The molecule has 0 unspecified atom stereocenters. The number of benzene rings is 1. The highest BCUT2D eigenvalue weighted by Crippen LogP contribution is 2.18. The van der Waals surface area contributed by atoms with Crippen LogP contribution in [-0.2, 0) is 11.3 Å². The third kappa shape index (κ3) is 5.59. The fourth-order valence-electron chi connectivity index (χ4n) is 3.33. The third-order valence-electron chi connectivity index (χ3n) is 4.66. The molecule has 1 N–H and O–H groups in total. The number of furan rings is 1. The van der Waals surface area contributed by atoms with Gasteiger partial charge in [-0.25, -0.2) is 0 Å². The summed E-state index contributed by atoms with van der Waals surface area (Å²) in [7, 11) is 0. The number of nitrogens with zero attached hydrogens (tertiary/aromatic N) is 1. The van der Waals surface area contributed by atoms with E-state index in [0.29, 0.717) is 13.1 Å². The predicted octanol–water partition coefficient (Wildman–Crippen LogP) is 3.32. The minimum absolute atomic E-state index is 0.232. The second-order valence-electron chi connectivity index (χ2n) is 7.07. The molecule has 0 saturated carbocycles. The molecule has 1 aliphatic rings. The van der Waals surface area contributed by atoms with Crippen molar-refractivity contribution in [2.75, 3.05) is 26.3 Å². The monoisotopic (exact) mass is 359 g/mol. The van der Waals surface area contributed by atoms with E-state index in [0.717, 1.165) is 48.8 Å². The van der Waals surface area contributed by atoms with Crippen molar-refractivity contribution in [2.45, 2.75) is 45.4 Å². The van der Waals surface area contributed by atoms with E-state index < -0.39 is 6.10 Å². The molecule has 1 aromatic heterocycles. The highest BCUT2D eigenvalue weighted by molar-refractivity contribution is 5.31. The minimum Gasteiger partial charge on any atom is -0.491 e. The Morgan fingerprint density at radius 1 is 1.23 bits per heavy atom. The van der Waals surface area contributed by atoms with E-state index in [9.17, 15) is 5.11 Å². The van der Waals surface area contributed by atoms with Gasteiger partial charge < -0.3 is 19.0 Å². The average molecular weight is 359 g/mol. The number of ether oxygens (including phenoxy) is 2. The Hall–Kier alpha value is -1.82. The third-order valence-corrected chi connectivity index (χ3v) is 4.66.